The van der Waals surface area contributed by atoms with Gasteiger partial charge in [0.25, 0.3) is 6.01 Å². The van der Waals surface area contributed by atoms with E-state index in [-0.39, 0.29) is 12.1 Å². The number of aromatic nitrogens is 8. The molecular weight excluding hydrogens is 468 g/mol. The van der Waals surface area contributed by atoms with Crippen LogP contribution >= 0.6 is 0 Å². The molecule has 2 aromatic carbocycles. The smallest absolute Gasteiger partial charge is 0.292 e. The van der Waals surface area contributed by atoms with Crippen molar-refractivity contribution in [1.82, 2.24) is 39.1 Å². The van der Waals surface area contributed by atoms with Crippen LogP contribution in [-0.2, 0) is 7.05 Å². The maximum absolute atomic E-state index is 6.39. The first-order chi connectivity index (χ1) is 18.0. The average Bonchev–Trinajstić information content (AvgIpc) is 3.66. The van der Waals surface area contributed by atoms with E-state index in [1.807, 2.05) is 54.5 Å². The highest BCUT2D eigenvalue weighted by Crippen LogP contribution is 2.38. The van der Waals surface area contributed by atoms with E-state index in [0.29, 0.717) is 16.9 Å². The molecule has 0 bridgehead atoms. The van der Waals surface area contributed by atoms with Crippen molar-refractivity contribution in [2.45, 2.75) is 13.0 Å². The normalized spacial score (nSPS) is 12.7. The summed E-state index contributed by atoms with van der Waals surface area (Å²) < 4.78 is 11.2. The van der Waals surface area contributed by atoms with Crippen molar-refractivity contribution < 1.29 is 4.42 Å². The molecule has 7 rings (SSSR count). The molecule has 0 radical (unpaired) electrons. The van der Waals surface area contributed by atoms with Crippen molar-refractivity contribution in [3.05, 3.63) is 73.1 Å². The lowest BCUT2D eigenvalue weighted by Crippen LogP contribution is -2.08. The molecule has 5 heterocycles. The summed E-state index contributed by atoms with van der Waals surface area (Å²) in [6, 6.07) is 13.9. The summed E-state index contributed by atoms with van der Waals surface area (Å²) in [7, 11) is 1.89. The van der Waals surface area contributed by atoms with Gasteiger partial charge in [-0.05, 0) is 30.7 Å². The first-order valence-corrected chi connectivity index (χ1v) is 11.7. The molecule has 182 valence electrons. The molecule has 5 aromatic heterocycles. The van der Waals surface area contributed by atoms with E-state index in [1.54, 1.807) is 10.9 Å². The van der Waals surface area contributed by atoms with Gasteiger partial charge in [-0.15, -0.1) is 0 Å². The molecule has 0 unspecified atom stereocenters. The van der Waals surface area contributed by atoms with E-state index in [2.05, 4.69) is 43.7 Å². The van der Waals surface area contributed by atoms with Gasteiger partial charge in [0, 0.05) is 24.2 Å². The highest BCUT2D eigenvalue weighted by Gasteiger charge is 2.24. The van der Waals surface area contributed by atoms with E-state index in [4.69, 9.17) is 21.0 Å². The lowest BCUT2D eigenvalue weighted by molar-refractivity contribution is 0.626. The van der Waals surface area contributed by atoms with Gasteiger partial charge in [0.1, 0.15) is 29.0 Å². The standard InChI is InChI=1S/C26H22N10O/c1-14(23-17-5-3-4-6-20(17)36(33-23)16-10-31-34(2)11-16)35-12-18(22-24(27)29-13-30-25(22)35)15-7-8-21-19(9-15)32-26(28)37-21/h3-14H,1-2H3,(H2,28,32)(H2,27,29,30)/t14-/m0/s1. The second-order valence-electron chi connectivity index (χ2n) is 9.00. The van der Waals surface area contributed by atoms with Gasteiger partial charge in [-0.2, -0.15) is 15.2 Å². The monoisotopic (exact) mass is 490 g/mol. The number of oxazole rings is 1. The molecule has 0 saturated carbocycles. The number of rotatable bonds is 4. The predicted molar refractivity (Wildman–Crippen MR) is 141 cm³/mol. The third-order valence-electron chi connectivity index (χ3n) is 6.72. The number of benzene rings is 2. The molecule has 0 amide bonds. The molecule has 0 aliphatic rings. The summed E-state index contributed by atoms with van der Waals surface area (Å²) in [6.07, 6.45) is 7.27. The van der Waals surface area contributed by atoms with Crippen LogP contribution in [0.5, 0.6) is 0 Å². The Balaban J connectivity index is 1.43. The number of hydrogen-bond acceptors (Lipinski definition) is 8. The topological polar surface area (TPSA) is 144 Å². The first kappa shape index (κ1) is 21.1. The molecule has 11 nitrogen and oxygen atoms in total. The molecule has 1 atom stereocenters. The van der Waals surface area contributed by atoms with Crippen molar-refractivity contribution in [3.8, 4) is 16.8 Å². The van der Waals surface area contributed by atoms with E-state index in [0.717, 1.165) is 44.4 Å². The maximum atomic E-state index is 6.39. The fourth-order valence-electron chi connectivity index (χ4n) is 4.98. The average molecular weight is 491 g/mol. The molecule has 0 aliphatic heterocycles. The third kappa shape index (κ3) is 3.17. The number of fused-ring (bicyclic) bond motifs is 3. The molecule has 0 saturated heterocycles. The minimum atomic E-state index is -0.167. The van der Waals surface area contributed by atoms with Crippen molar-refractivity contribution in [2.24, 2.45) is 7.05 Å². The molecular formula is C26H22N10O. The van der Waals surface area contributed by atoms with Crippen LogP contribution in [-0.4, -0.2) is 39.1 Å². The molecule has 0 fully saturated rings. The van der Waals surface area contributed by atoms with Crippen LogP contribution in [0.4, 0.5) is 11.8 Å². The Morgan fingerprint density at radius 3 is 2.73 bits per heavy atom. The number of para-hydroxylation sites is 1. The number of aryl methyl sites for hydroxylation is 1. The second-order valence-corrected chi connectivity index (χ2v) is 9.00. The summed E-state index contributed by atoms with van der Waals surface area (Å²) in [5.74, 6) is 0.400. The van der Waals surface area contributed by atoms with Crippen molar-refractivity contribution in [2.75, 3.05) is 11.5 Å². The van der Waals surface area contributed by atoms with Gasteiger partial charge >= 0.3 is 0 Å². The van der Waals surface area contributed by atoms with Gasteiger partial charge in [-0.25, -0.2) is 14.6 Å². The maximum Gasteiger partial charge on any atom is 0.292 e. The van der Waals surface area contributed by atoms with E-state index < -0.39 is 0 Å². The van der Waals surface area contributed by atoms with Crippen LogP contribution in [0.1, 0.15) is 18.7 Å². The van der Waals surface area contributed by atoms with E-state index in [9.17, 15) is 0 Å². The van der Waals surface area contributed by atoms with Gasteiger partial charge in [-0.1, -0.05) is 24.3 Å². The summed E-state index contributed by atoms with van der Waals surface area (Å²) in [5.41, 5.74) is 18.7. The van der Waals surface area contributed by atoms with Gasteiger partial charge in [-0.3, -0.25) is 4.68 Å². The Morgan fingerprint density at radius 1 is 1.03 bits per heavy atom. The van der Waals surface area contributed by atoms with E-state index in [1.165, 1.54) is 6.33 Å². The van der Waals surface area contributed by atoms with E-state index >= 15 is 0 Å². The number of nitrogens with zero attached hydrogens (tertiary/aromatic N) is 8. The van der Waals surface area contributed by atoms with Gasteiger partial charge in [0.15, 0.2) is 5.58 Å². The largest absolute Gasteiger partial charge is 0.424 e. The molecule has 4 N–H and O–H groups in total. The SMILES string of the molecule is C[C@@H](c1nn(-c2cnn(C)c2)c2ccccc12)n1cc(-c2ccc3oc(N)nc3c2)c2c(N)ncnc21. The van der Waals surface area contributed by atoms with Crippen molar-refractivity contribution in [3.63, 3.8) is 0 Å². The molecule has 7 aromatic rings. The van der Waals surface area contributed by atoms with Crippen molar-refractivity contribution in [1.29, 1.82) is 0 Å². The quantitative estimate of drug-likeness (QED) is 0.375. The third-order valence-corrected chi connectivity index (χ3v) is 6.72. The van der Waals surface area contributed by atoms with Gasteiger partial charge < -0.3 is 20.5 Å². The fraction of sp³-hybridized carbons (Fsp3) is 0.115. The Labute approximate surface area is 210 Å². The van der Waals surface area contributed by atoms with Crippen LogP contribution in [0.3, 0.4) is 0 Å². The van der Waals surface area contributed by atoms with Crippen LogP contribution in [0.25, 0.3) is 49.9 Å². The summed E-state index contributed by atoms with van der Waals surface area (Å²) in [4.78, 5) is 13.2. The zero-order chi connectivity index (χ0) is 25.3. The predicted octanol–water partition coefficient (Wildman–Crippen LogP) is 4.09. The van der Waals surface area contributed by atoms with Crippen LogP contribution < -0.4 is 11.5 Å². The Morgan fingerprint density at radius 2 is 1.89 bits per heavy atom. The minimum Gasteiger partial charge on any atom is -0.424 e. The number of nitrogens with two attached hydrogens (primary N) is 2. The summed E-state index contributed by atoms with van der Waals surface area (Å²) >= 11 is 0. The van der Waals surface area contributed by atoms with Gasteiger partial charge in [0.2, 0.25) is 0 Å². The van der Waals surface area contributed by atoms with Crippen LogP contribution in [0.15, 0.2) is 71.8 Å². The Kier molecular flexibility index (Phi) is 4.37. The van der Waals surface area contributed by atoms with Crippen LogP contribution in [0, 0.1) is 0 Å². The van der Waals surface area contributed by atoms with Crippen LogP contribution in [0.2, 0.25) is 0 Å². The fourth-order valence-corrected chi connectivity index (χ4v) is 4.98. The minimum absolute atomic E-state index is 0.127. The number of anilines is 2. The molecule has 0 aliphatic carbocycles. The van der Waals surface area contributed by atoms with Gasteiger partial charge in [0.05, 0.1) is 35.0 Å². The zero-order valence-electron chi connectivity index (χ0n) is 20.1. The second kappa shape index (κ2) is 7.65. The first-order valence-electron chi connectivity index (χ1n) is 11.7. The van der Waals surface area contributed by atoms with Crippen molar-refractivity contribution >= 4 is 44.9 Å². The molecule has 11 heteroatoms. The zero-order valence-corrected chi connectivity index (χ0v) is 20.1. The highest BCUT2D eigenvalue weighted by molar-refractivity contribution is 6.02. The lowest BCUT2D eigenvalue weighted by atomic mass is 10.1. The lowest BCUT2D eigenvalue weighted by Gasteiger charge is -2.13. The Bertz CT molecular complexity index is 1960. The highest BCUT2D eigenvalue weighted by atomic mass is 16.4. The number of nitrogen functional groups attached to an aromatic ring is 2. The number of hydrogen-bond donors (Lipinski definition) is 2. The molecule has 37 heavy (non-hydrogen) atoms. The molecule has 0 spiro atoms. The Hall–Kier alpha value is -5.19. The summed E-state index contributed by atoms with van der Waals surface area (Å²) in [5, 5.41) is 11.2. The summed E-state index contributed by atoms with van der Waals surface area (Å²) in [6.45, 7) is 2.10.